The SMILES string of the molecule is C[C@]12CC[C@H]3[C@@H](CC[C@H]4CC=CC[C@@]43C=O)[C@@H]1CCC2=O. The first kappa shape index (κ1) is 13.7. The van der Waals surface area contributed by atoms with Gasteiger partial charge in [-0.15, -0.1) is 0 Å². The summed E-state index contributed by atoms with van der Waals surface area (Å²) in [6.07, 6.45) is 14.3. The van der Waals surface area contributed by atoms with Crippen LogP contribution in [0.15, 0.2) is 12.2 Å². The van der Waals surface area contributed by atoms with Crippen molar-refractivity contribution in [3.8, 4) is 0 Å². The Morgan fingerprint density at radius 1 is 1.14 bits per heavy atom. The van der Waals surface area contributed by atoms with Gasteiger partial charge in [-0.25, -0.2) is 0 Å². The summed E-state index contributed by atoms with van der Waals surface area (Å²) in [5.74, 6) is 2.75. The maximum atomic E-state index is 12.4. The van der Waals surface area contributed by atoms with Crippen LogP contribution in [0.25, 0.3) is 0 Å². The molecule has 0 saturated heterocycles. The van der Waals surface area contributed by atoms with E-state index in [1.165, 1.54) is 19.1 Å². The van der Waals surface area contributed by atoms with Crippen LogP contribution < -0.4 is 0 Å². The largest absolute Gasteiger partial charge is 0.303 e. The van der Waals surface area contributed by atoms with Crippen molar-refractivity contribution in [2.75, 3.05) is 0 Å². The Morgan fingerprint density at radius 2 is 2.00 bits per heavy atom. The van der Waals surface area contributed by atoms with E-state index < -0.39 is 0 Å². The highest BCUT2D eigenvalue weighted by Gasteiger charge is 2.60. The van der Waals surface area contributed by atoms with Gasteiger partial charge in [-0.05, 0) is 68.6 Å². The number of aldehydes is 1. The van der Waals surface area contributed by atoms with Crippen LogP contribution in [0.1, 0.15) is 58.3 Å². The lowest BCUT2D eigenvalue weighted by molar-refractivity contribution is -0.145. The number of allylic oxidation sites excluding steroid dienone is 2. The van der Waals surface area contributed by atoms with E-state index in [0.717, 1.165) is 38.5 Å². The molecular weight excluding hydrogens is 260 g/mol. The molecule has 0 aliphatic heterocycles. The van der Waals surface area contributed by atoms with Crippen LogP contribution in [0.2, 0.25) is 0 Å². The van der Waals surface area contributed by atoms with Gasteiger partial charge in [0.1, 0.15) is 12.1 Å². The molecule has 0 N–H and O–H groups in total. The van der Waals surface area contributed by atoms with E-state index in [9.17, 15) is 9.59 Å². The maximum Gasteiger partial charge on any atom is 0.139 e. The third kappa shape index (κ3) is 1.65. The lowest BCUT2D eigenvalue weighted by Crippen LogP contribution is -2.54. The first-order chi connectivity index (χ1) is 10.1. The predicted octanol–water partition coefficient (Wildman–Crippen LogP) is 3.94. The molecule has 0 aromatic rings. The minimum Gasteiger partial charge on any atom is -0.303 e. The van der Waals surface area contributed by atoms with Crippen LogP contribution in [0.3, 0.4) is 0 Å². The zero-order valence-corrected chi connectivity index (χ0v) is 13.0. The minimum atomic E-state index is -0.107. The van der Waals surface area contributed by atoms with Gasteiger partial charge in [0.25, 0.3) is 0 Å². The summed E-state index contributed by atoms with van der Waals surface area (Å²) in [5, 5.41) is 0. The van der Waals surface area contributed by atoms with E-state index in [0.29, 0.717) is 29.5 Å². The lowest BCUT2D eigenvalue weighted by atomic mass is 9.46. The van der Waals surface area contributed by atoms with Gasteiger partial charge in [0.15, 0.2) is 0 Å². The Balaban J connectivity index is 1.71. The molecule has 0 amide bonds. The Kier molecular flexibility index (Phi) is 2.96. The van der Waals surface area contributed by atoms with E-state index in [2.05, 4.69) is 19.1 Å². The predicted molar refractivity (Wildman–Crippen MR) is 81.6 cm³/mol. The molecule has 21 heavy (non-hydrogen) atoms. The third-order valence-corrected chi connectivity index (χ3v) is 7.72. The first-order valence-corrected chi connectivity index (χ1v) is 8.76. The molecule has 0 aromatic heterocycles. The van der Waals surface area contributed by atoms with E-state index in [4.69, 9.17) is 0 Å². The summed E-state index contributed by atoms with van der Waals surface area (Å²) in [7, 11) is 0. The number of ketones is 1. The summed E-state index contributed by atoms with van der Waals surface area (Å²) >= 11 is 0. The monoisotopic (exact) mass is 286 g/mol. The van der Waals surface area contributed by atoms with E-state index >= 15 is 0 Å². The molecule has 2 heteroatoms. The van der Waals surface area contributed by atoms with Crippen LogP contribution in [0.5, 0.6) is 0 Å². The Morgan fingerprint density at radius 3 is 2.81 bits per heavy atom. The summed E-state index contributed by atoms with van der Waals surface area (Å²) in [6.45, 7) is 2.21. The first-order valence-electron chi connectivity index (χ1n) is 8.76. The van der Waals surface area contributed by atoms with Crippen LogP contribution in [0, 0.1) is 34.5 Å². The summed E-state index contributed by atoms with van der Waals surface area (Å²) < 4.78 is 0. The van der Waals surface area contributed by atoms with Crippen molar-refractivity contribution >= 4 is 12.1 Å². The van der Waals surface area contributed by atoms with Gasteiger partial charge in [0, 0.05) is 17.3 Å². The summed E-state index contributed by atoms with van der Waals surface area (Å²) in [5.41, 5.74) is -0.173. The molecular formula is C19H26O2. The summed E-state index contributed by atoms with van der Waals surface area (Å²) in [6, 6.07) is 0. The van der Waals surface area contributed by atoms with Gasteiger partial charge in [-0.1, -0.05) is 19.1 Å². The second-order valence-electron chi connectivity index (χ2n) is 8.21. The van der Waals surface area contributed by atoms with Crippen molar-refractivity contribution in [1.29, 1.82) is 0 Å². The molecule has 0 bridgehead atoms. The van der Waals surface area contributed by atoms with Gasteiger partial charge in [0.2, 0.25) is 0 Å². The number of carbonyl (C=O) groups is 2. The molecule has 114 valence electrons. The fourth-order valence-corrected chi connectivity index (χ4v) is 6.53. The van der Waals surface area contributed by atoms with E-state index in [1.807, 2.05) is 0 Å². The molecule has 0 unspecified atom stereocenters. The smallest absolute Gasteiger partial charge is 0.139 e. The van der Waals surface area contributed by atoms with Gasteiger partial charge in [-0.2, -0.15) is 0 Å². The molecule has 0 heterocycles. The van der Waals surface area contributed by atoms with Crippen molar-refractivity contribution in [2.24, 2.45) is 34.5 Å². The van der Waals surface area contributed by atoms with Gasteiger partial charge in [-0.3, -0.25) is 4.79 Å². The van der Waals surface area contributed by atoms with E-state index in [1.54, 1.807) is 0 Å². The van der Waals surface area contributed by atoms with Crippen LogP contribution in [0.4, 0.5) is 0 Å². The van der Waals surface area contributed by atoms with Crippen molar-refractivity contribution in [1.82, 2.24) is 0 Å². The molecule has 4 aliphatic carbocycles. The van der Waals surface area contributed by atoms with Crippen molar-refractivity contribution < 1.29 is 9.59 Å². The maximum absolute atomic E-state index is 12.4. The average molecular weight is 286 g/mol. The number of hydrogen-bond donors (Lipinski definition) is 0. The zero-order chi connectivity index (χ0) is 14.7. The molecule has 3 saturated carbocycles. The van der Waals surface area contributed by atoms with Gasteiger partial charge in [0.05, 0.1) is 0 Å². The van der Waals surface area contributed by atoms with Crippen molar-refractivity contribution in [3.05, 3.63) is 12.2 Å². The second-order valence-corrected chi connectivity index (χ2v) is 8.21. The average Bonchev–Trinajstić information content (AvgIpc) is 2.82. The Bertz CT molecular complexity index is 508. The molecule has 0 radical (unpaired) electrons. The molecule has 4 rings (SSSR count). The number of hydrogen-bond acceptors (Lipinski definition) is 2. The molecule has 2 nitrogen and oxygen atoms in total. The van der Waals surface area contributed by atoms with Crippen LogP contribution >= 0.6 is 0 Å². The molecule has 0 spiro atoms. The Hall–Kier alpha value is -0.920. The van der Waals surface area contributed by atoms with Crippen LogP contribution in [-0.4, -0.2) is 12.1 Å². The fourth-order valence-electron chi connectivity index (χ4n) is 6.53. The molecule has 6 atom stereocenters. The summed E-state index contributed by atoms with van der Waals surface area (Å²) in [4.78, 5) is 24.5. The Labute approximate surface area is 127 Å². The quantitative estimate of drug-likeness (QED) is 0.540. The normalized spacial score (nSPS) is 52.0. The number of Topliss-reactive ketones (excluding diaryl/α,β-unsaturated/α-hetero) is 1. The van der Waals surface area contributed by atoms with Crippen molar-refractivity contribution in [3.63, 3.8) is 0 Å². The van der Waals surface area contributed by atoms with Crippen LogP contribution in [-0.2, 0) is 9.59 Å². The van der Waals surface area contributed by atoms with Gasteiger partial charge < -0.3 is 4.79 Å². The molecule has 4 aliphatic rings. The standard InChI is InChI=1S/C19H26O2/c1-18-11-9-16-14(15(18)7-8-17(18)21)6-5-13-4-2-3-10-19(13,16)12-20/h2-3,12-16H,4-11H2,1H3/t13-,14+,15+,16+,18+,19-/m1/s1. The van der Waals surface area contributed by atoms with Crippen molar-refractivity contribution in [2.45, 2.75) is 58.3 Å². The zero-order valence-electron chi connectivity index (χ0n) is 13.0. The fraction of sp³-hybridized carbons (Fsp3) is 0.789. The highest BCUT2D eigenvalue weighted by atomic mass is 16.1. The highest BCUT2D eigenvalue weighted by molar-refractivity contribution is 5.87. The second kappa shape index (κ2) is 4.54. The molecule has 0 aromatic carbocycles. The number of fused-ring (bicyclic) bond motifs is 5. The number of carbonyl (C=O) groups excluding carboxylic acids is 2. The minimum absolute atomic E-state index is 0.0669. The molecule has 3 fully saturated rings. The van der Waals surface area contributed by atoms with Gasteiger partial charge >= 0.3 is 0 Å². The lowest BCUT2D eigenvalue weighted by Gasteiger charge is -2.57. The number of rotatable bonds is 1. The topological polar surface area (TPSA) is 34.1 Å². The highest BCUT2D eigenvalue weighted by Crippen LogP contribution is 2.64. The van der Waals surface area contributed by atoms with E-state index in [-0.39, 0.29) is 10.8 Å². The third-order valence-electron chi connectivity index (χ3n) is 7.72.